The lowest BCUT2D eigenvalue weighted by molar-refractivity contribution is -0.142. The summed E-state index contributed by atoms with van der Waals surface area (Å²) in [4.78, 5) is 27.6. The van der Waals surface area contributed by atoms with Crippen LogP contribution in [0.1, 0.15) is 6.92 Å². The SMILES string of the molecule is CC(Oc1c(-c2ccccc2Cl)oc2ccccc2c1=O)C(=O)N1CCOCC1. The second-order valence-electron chi connectivity index (χ2n) is 6.76. The number of morpholine rings is 1. The van der Waals surface area contributed by atoms with Crippen molar-refractivity contribution >= 4 is 28.5 Å². The monoisotopic (exact) mass is 413 g/mol. The number of carbonyl (C=O) groups excluding carboxylic acids is 1. The van der Waals surface area contributed by atoms with E-state index in [1.165, 1.54) is 0 Å². The molecule has 0 aliphatic carbocycles. The summed E-state index contributed by atoms with van der Waals surface area (Å²) >= 11 is 6.35. The molecule has 1 fully saturated rings. The van der Waals surface area contributed by atoms with Gasteiger partial charge >= 0.3 is 0 Å². The Morgan fingerprint density at radius 1 is 1.10 bits per heavy atom. The Bertz CT molecular complexity index is 1100. The molecule has 0 bridgehead atoms. The Labute approximate surface area is 172 Å². The standard InChI is InChI=1S/C22H20ClNO5/c1-14(22(26)24-10-12-27-13-11-24)28-21-19(25)16-7-3-5-9-18(16)29-20(21)15-6-2-4-8-17(15)23/h2-9,14H,10-13H2,1H3. The first kappa shape index (κ1) is 19.5. The second kappa shape index (κ2) is 8.27. The second-order valence-corrected chi connectivity index (χ2v) is 7.17. The van der Waals surface area contributed by atoms with E-state index in [0.717, 1.165) is 0 Å². The molecule has 150 valence electrons. The normalized spacial score (nSPS) is 15.3. The van der Waals surface area contributed by atoms with Crippen molar-refractivity contribution in [2.45, 2.75) is 13.0 Å². The predicted molar refractivity (Wildman–Crippen MR) is 110 cm³/mol. The number of amides is 1. The maximum atomic E-state index is 13.2. The van der Waals surface area contributed by atoms with Gasteiger partial charge in [0, 0.05) is 18.7 Å². The van der Waals surface area contributed by atoms with Gasteiger partial charge in [-0.15, -0.1) is 0 Å². The van der Waals surface area contributed by atoms with Crippen LogP contribution in [-0.2, 0) is 9.53 Å². The van der Waals surface area contributed by atoms with Crippen LogP contribution in [0.3, 0.4) is 0 Å². The molecule has 1 saturated heterocycles. The van der Waals surface area contributed by atoms with Gasteiger partial charge in [-0.25, -0.2) is 0 Å². The molecule has 4 rings (SSSR count). The van der Waals surface area contributed by atoms with E-state index in [1.54, 1.807) is 60.4 Å². The molecule has 1 aliphatic heterocycles. The van der Waals surface area contributed by atoms with Gasteiger partial charge in [0.25, 0.3) is 5.91 Å². The fraction of sp³-hybridized carbons (Fsp3) is 0.273. The number of nitrogens with zero attached hydrogens (tertiary/aromatic N) is 1. The molecule has 2 aromatic carbocycles. The quantitative estimate of drug-likeness (QED) is 0.651. The fourth-order valence-electron chi connectivity index (χ4n) is 3.32. The minimum absolute atomic E-state index is 0.0223. The van der Waals surface area contributed by atoms with Gasteiger partial charge in [-0.3, -0.25) is 9.59 Å². The van der Waals surface area contributed by atoms with Crippen molar-refractivity contribution in [1.29, 1.82) is 0 Å². The van der Waals surface area contributed by atoms with Crippen LogP contribution in [0.15, 0.2) is 57.7 Å². The third-order valence-electron chi connectivity index (χ3n) is 4.84. The van der Waals surface area contributed by atoms with Gasteiger partial charge in [-0.05, 0) is 31.2 Å². The van der Waals surface area contributed by atoms with Crippen LogP contribution in [0.5, 0.6) is 5.75 Å². The van der Waals surface area contributed by atoms with E-state index in [1.807, 2.05) is 0 Å². The Hall–Kier alpha value is -2.83. The zero-order valence-corrected chi connectivity index (χ0v) is 16.6. The van der Waals surface area contributed by atoms with Crippen molar-refractivity contribution in [2.75, 3.05) is 26.3 Å². The molecule has 7 heteroatoms. The average molecular weight is 414 g/mol. The highest BCUT2D eigenvalue weighted by Crippen LogP contribution is 2.35. The first-order valence-corrected chi connectivity index (χ1v) is 9.78. The molecule has 0 radical (unpaired) electrons. The largest absolute Gasteiger partial charge is 0.473 e. The van der Waals surface area contributed by atoms with Crippen molar-refractivity contribution in [3.05, 3.63) is 63.8 Å². The summed E-state index contributed by atoms with van der Waals surface area (Å²) in [5.41, 5.74) is 0.605. The lowest BCUT2D eigenvalue weighted by Gasteiger charge is -2.29. The van der Waals surface area contributed by atoms with Crippen LogP contribution < -0.4 is 10.2 Å². The Balaban J connectivity index is 1.78. The van der Waals surface area contributed by atoms with Gasteiger partial charge < -0.3 is 18.8 Å². The molecule has 1 atom stereocenters. The molecule has 0 spiro atoms. The first-order valence-electron chi connectivity index (χ1n) is 9.40. The van der Waals surface area contributed by atoms with Crippen molar-refractivity contribution in [3.63, 3.8) is 0 Å². The minimum Gasteiger partial charge on any atom is -0.473 e. The summed E-state index contributed by atoms with van der Waals surface area (Å²) < 4.78 is 17.2. The van der Waals surface area contributed by atoms with Crippen LogP contribution in [0.25, 0.3) is 22.3 Å². The zero-order valence-electron chi connectivity index (χ0n) is 15.9. The van der Waals surface area contributed by atoms with Crippen molar-refractivity contribution in [3.8, 4) is 17.1 Å². The molecule has 2 heterocycles. The van der Waals surface area contributed by atoms with E-state index in [2.05, 4.69) is 0 Å². The number of para-hydroxylation sites is 1. The highest BCUT2D eigenvalue weighted by atomic mass is 35.5. The maximum absolute atomic E-state index is 13.2. The average Bonchev–Trinajstić information content (AvgIpc) is 2.76. The van der Waals surface area contributed by atoms with Crippen LogP contribution in [0.2, 0.25) is 5.02 Å². The molecular formula is C22H20ClNO5. The van der Waals surface area contributed by atoms with Gasteiger partial charge in [-0.1, -0.05) is 35.9 Å². The molecule has 3 aromatic rings. The van der Waals surface area contributed by atoms with Gasteiger partial charge in [0.2, 0.25) is 11.2 Å². The Morgan fingerprint density at radius 2 is 1.79 bits per heavy atom. The van der Waals surface area contributed by atoms with Crippen molar-refractivity contribution < 1.29 is 18.7 Å². The molecule has 1 aliphatic rings. The molecule has 1 amide bonds. The lowest BCUT2D eigenvalue weighted by atomic mass is 10.1. The van der Waals surface area contributed by atoms with Crippen LogP contribution in [-0.4, -0.2) is 43.2 Å². The van der Waals surface area contributed by atoms with E-state index in [4.69, 9.17) is 25.5 Å². The summed E-state index contributed by atoms with van der Waals surface area (Å²) in [6.45, 7) is 3.60. The number of ether oxygens (including phenoxy) is 2. The maximum Gasteiger partial charge on any atom is 0.263 e. The predicted octanol–water partition coefficient (Wildman–Crippen LogP) is 3.74. The Kier molecular flexibility index (Phi) is 5.56. The number of fused-ring (bicyclic) bond motifs is 1. The summed E-state index contributed by atoms with van der Waals surface area (Å²) in [7, 11) is 0. The van der Waals surface area contributed by atoms with Crippen LogP contribution in [0, 0.1) is 0 Å². The minimum atomic E-state index is -0.863. The van der Waals surface area contributed by atoms with Gasteiger partial charge in [0.15, 0.2) is 11.9 Å². The third kappa shape index (κ3) is 3.86. The van der Waals surface area contributed by atoms with E-state index in [9.17, 15) is 9.59 Å². The molecule has 0 saturated carbocycles. The van der Waals surface area contributed by atoms with Gasteiger partial charge in [0.05, 0.1) is 23.6 Å². The topological polar surface area (TPSA) is 69.0 Å². The molecule has 1 aromatic heterocycles. The van der Waals surface area contributed by atoms with E-state index in [-0.39, 0.29) is 22.8 Å². The third-order valence-corrected chi connectivity index (χ3v) is 5.17. The van der Waals surface area contributed by atoms with Gasteiger partial charge in [-0.2, -0.15) is 0 Å². The van der Waals surface area contributed by atoms with Crippen molar-refractivity contribution in [2.24, 2.45) is 0 Å². The highest BCUT2D eigenvalue weighted by molar-refractivity contribution is 6.33. The molecule has 6 nitrogen and oxygen atoms in total. The molecular weight excluding hydrogens is 394 g/mol. The van der Waals surface area contributed by atoms with Gasteiger partial charge in [0.1, 0.15) is 5.58 Å². The number of benzene rings is 2. The van der Waals surface area contributed by atoms with Crippen LogP contribution in [0.4, 0.5) is 0 Å². The number of halogens is 1. The number of hydrogen-bond acceptors (Lipinski definition) is 5. The van der Waals surface area contributed by atoms with Crippen molar-refractivity contribution in [1.82, 2.24) is 4.90 Å². The van der Waals surface area contributed by atoms with E-state index in [0.29, 0.717) is 47.9 Å². The summed E-state index contributed by atoms with van der Waals surface area (Å²) in [5, 5.41) is 0.798. The summed E-state index contributed by atoms with van der Waals surface area (Å²) in [5.74, 6) is -0.0159. The Morgan fingerprint density at radius 3 is 2.55 bits per heavy atom. The smallest absolute Gasteiger partial charge is 0.263 e. The molecule has 29 heavy (non-hydrogen) atoms. The number of rotatable bonds is 4. The molecule has 0 N–H and O–H groups in total. The first-order chi connectivity index (χ1) is 14.1. The highest BCUT2D eigenvalue weighted by Gasteiger charge is 2.27. The van der Waals surface area contributed by atoms with E-state index < -0.39 is 6.10 Å². The molecule has 1 unspecified atom stereocenters. The summed E-state index contributed by atoms with van der Waals surface area (Å²) in [6.07, 6.45) is -0.863. The zero-order chi connectivity index (χ0) is 20.4. The number of carbonyl (C=O) groups is 1. The number of hydrogen-bond donors (Lipinski definition) is 0. The van der Waals surface area contributed by atoms with Crippen LogP contribution >= 0.6 is 11.6 Å². The summed E-state index contributed by atoms with van der Waals surface area (Å²) in [6, 6.07) is 13.9. The lowest BCUT2D eigenvalue weighted by Crippen LogP contribution is -2.46. The fourth-order valence-corrected chi connectivity index (χ4v) is 3.54. The van der Waals surface area contributed by atoms with E-state index >= 15 is 0 Å².